The van der Waals surface area contributed by atoms with Crippen molar-refractivity contribution in [2.75, 3.05) is 6.26 Å². The van der Waals surface area contributed by atoms with Crippen LogP contribution in [0.3, 0.4) is 0 Å². The van der Waals surface area contributed by atoms with Crippen molar-refractivity contribution in [3.05, 3.63) is 47.7 Å². The van der Waals surface area contributed by atoms with Crippen LogP contribution in [0.2, 0.25) is 0 Å². The normalized spacial score (nSPS) is 11.5. The molecule has 4 nitrogen and oxygen atoms in total. The molecule has 0 aliphatic carbocycles. The Bertz CT molecular complexity index is 943. The van der Waals surface area contributed by atoms with Gasteiger partial charge in [0.1, 0.15) is 11.3 Å². The second-order valence-corrected chi connectivity index (χ2v) is 6.93. The van der Waals surface area contributed by atoms with Gasteiger partial charge < -0.3 is 4.98 Å². The number of fused-ring (bicyclic) bond motifs is 2. The van der Waals surface area contributed by atoms with Crippen LogP contribution < -0.4 is 0 Å². The zero-order valence-electron chi connectivity index (χ0n) is 11.6. The molecule has 4 rings (SSSR count). The number of H-pyrrole nitrogens is 1. The van der Waals surface area contributed by atoms with Gasteiger partial charge in [-0.3, -0.25) is 0 Å². The molecule has 0 fully saturated rings. The molecule has 1 aromatic carbocycles. The molecule has 0 saturated carbocycles. The number of benzene rings is 1. The zero-order valence-corrected chi connectivity index (χ0v) is 13.3. The number of nitrogens with zero attached hydrogens (tertiary/aromatic N) is 3. The second-order valence-electron chi connectivity index (χ2n) is 4.84. The highest BCUT2D eigenvalue weighted by molar-refractivity contribution is 8.00. The maximum atomic E-state index is 14.2. The predicted octanol–water partition coefficient (Wildman–Crippen LogP) is 4.02. The molecule has 0 amide bonds. The summed E-state index contributed by atoms with van der Waals surface area (Å²) in [6, 6.07) is 7.30. The smallest absolute Gasteiger partial charge is 0.177 e. The first kappa shape index (κ1) is 13.7. The van der Waals surface area contributed by atoms with Gasteiger partial charge in [-0.2, -0.15) is 0 Å². The zero-order chi connectivity index (χ0) is 15.1. The highest BCUT2D eigenvalue weighted by Crippen LogP contribution is 2.31. The van der Waals surface area contributed by atoms with Crippen molar-refractivity contribution in [3.8, 4) is 0 Å². The van der Waals surface area contributed by atoms with Crippen LogP contribution in [0, 0.1) is 5.82 Å². The van der Waals surface area contributed by atoms with Gasteiger partial charge in [-0.05, 0) is 36.1 Å². The first-order chi connectivity index (χ1) is 10.7. The fourth-order valence-electron chi connectivity index (χ4n) is 2.38. The minimum absolute atomic E-state index is 0.279. The fraction of sp³-hybridized carbons (Fsp3) is 0.133. The first-order valence-corrected chi connectivity index (χ1v) is 8.69. The van der Waals surface area contributed by atoms with Crippen molar-refractivity contribution in [1.82, 2.24) is 19.9 Å². The Morgan fingerprint density at radius 2 is 2.23 bits per heavy atom. The second kappa shape index (κ2) is 5.33. The summed E-state index contributed by atoms with van der Waals surface area (Å²) in [4.78, 5) is 16.1. The average Bonchev–Trinajstić information content (AvgIpc) is 3.10. The lowest BCUT2D eigenvalue weighted by molar-refractivity contribution is 0.635. The molecule has 0 aliphatic heterocycles. The lowest BCUT2D eigenvalue weighted by Crippen LogP contribution is -1.92. The predicted molar refractivity (Wildman–Crippen MR) is 88.1 cm³/mol. The van der Waals surface area contributed by atoms with E-state index >= 15 is 0 Å². The third-order valence-electron chi connectivity index (χ3n) is 3.34. The minimum Gasteiger partial charge on any atom is -0.340 e. The largest absolute Gasteiger partial charge is 0.340 e. The third-order valence-corrected chi connectivity index (χ3v) is 5.33. The third kappa shape index (κ3) is 2.36. The molecular formula is C15H11FN4S2. The maximum absolute atomic E-state index is 14.2. The molecule has 22 heavy (non-hydrogen) atoms. The summed E-state index contributed by atoms with van der Waals surface area (Å²) in [5.74, 6) is 0.500. The van der Waals surface area contributed by atoms with Gasteiger partial charge in [0.2, 0.25) is 0 Å². The average molecular weight is 330 g/mol. The Kier molecular flexibility index (Phi) is 3.31. The Morgan fingerprint density at radius 3 is 3.05 bits per heavy atom. The molecule has 0 atom stereocenters. The quantitative estimate of drug-likeness (QED) is 0.577. The number of aromatic nitrogens is 4. The van der Waals surface area contributed by atoms with Crippen molar-refractivity contribution in [2.24, 2.45) is 0 Å². The Balaban J connectivity index is 1.74. The van der Waals surface area contributed by atoms with E-state index < -0.39 is 0 Å². The van der Waals surface area contributed by atoms with Gasteiger partial charge in [-0.15, -0.1) is 11.3 Å². The molecular weight excluding hydrogens is 319 g/mol. The van der Waals surface area contributed by atoms with Crippen molar-refractivity contribution < 1.29 is 4.39 Å². The molecule has 3 heterocycles. The summed E-state index contributed by atoms with van der Waals surface area (Å²) in [5, 5.41) is 0. The number of hydrogen-bond acceptors (Lipinski definition) is 5. The fourth-order valence-corrected chi connectivity index (χ4v) is 3.94. The Hall–Kier alpha value is -1.99. The van der Waals surface area contributed by atoms with E-state index in [2.05, 4.69) is 19.9 Å². The van der Waals surface area contributed by atoms with Crippen LogP contribution in [0.1, 0.15) is 11.4 Å². The van der Waals surface area contributed by atoms with E-state index in [0.29, 0.717) is 17.6 Å². The van der Waals surface area contributed by atoms with Gasteiger partial charge in [-0.25, -0.2) is 19.3 Å². The van der Waals surface area contributed by atoms with Crippen molar-refractivity contribution in [2.45, 2.75) is 10.8 Å². The van der Waals surface area contributed by atoms with Crippen LogP contribution in [0.4, 0.5) is 4.39 Å². The summed E-state index contributed by atoms with van der Waals surface area (Å²) in [6.45, 7) is 0. The monoisotopic (exact) mass is 330 g/mol. The van der Waals surface area contributed by atoms with E-state index in [1.54, 1.807) is 6.20 Å². The number of halogens is 1. The molecule has 0 bridgehead atoms. The molecule has 3 aromatic heterocycles. The van der Waals surface area contributed by atoms with Gasteiger partial charge in [-0.1, -0.05) is 11.8 Å². The number of thiazole rings is 1. The highest BCUT2D eigenvalue weighted by atomic mass is 32.2. The molecule has 110 valence electrons. The molecule has 0 unspecified atom stereocenters. The van der Waals surface area contributed by atoms with E-state index in [-0.39, 0.29) is 5.82 Å². The lowest BCUT2D eigenvalue weighted by Gasteiger charge is -1.99. The lowest BCUT2D eigenvalue weighted by atomic mass is 10.1. The number of imidazole rings is 1. The Labute approximate surface area is 133 Å². The molecule has 4 aromatic rings. The van der Waals surface area contributed by atoms with Crippen LogP contribution in [0.25, 0.3) is 21.4 Å². The SMILES string of the molecule is CSc1nc2c(F)cc(Cc3nc4ncccc4[nH]3)cc2s1. The van der Waals surface area contributed by atoms with Crippen LogP contribution in [0.5, 0.6) is 0 Å². The van der Waals surface area contributed by atoms with E-state index in [1.165, 1.54) is 29.2 Å². The topological polar surface area (TPSA) is 54.5 Å². The number of hydrogen-bond donors (Lipinski definition) is 1. The van der Waals surface area contributed by atoms with E-state index in [4.69, 9.17) is 0 Å². The van der Waals surface area contributed by atoms with E-state index in [1.807, 2.05) is 24.5 Å². The number of thioether (sulfide) groups is 1. The van der Waals surface area contributed by atoms with Crippen LogP contribution in [-0.2, 0) is 6.42 Å². The van der Waals surface area contributed by atoms with Crippen LogP contribution in [0.15, 0.2) is 34.8 Å². The summed E-state index contributed by atoms with van der Waals surface area (Å²) < 4.78 is 15.9. The number of nitrogens with one attached hydrogen (secondary N) is 1. The summed E-state index contributed by atoms with van der Waals surface area (Å²) in [6.07, 6.45) is 4.19. The van der Waals surface area contributed by atoms with Crippen LogP contribution >= 0.6 is 23.1 Å². The van der Waals surface area contributed by atoms with E-state index in [9.17, 15) is 4.39 Å². The number of pyridine rings is 1. The number of rotatable bonds is 3. The summed E-state index contributed by atoms with van der Waals surface area (Å²) in [7, 11) is 0. The Morgan fingerprint density at radius 1 is 1.32 bits per heavy atom. The van der Waals surface area contributed by atoms with Gasteiger partial charge >= 0.3 is 0 Å². The summed E-state index contributed by atoms with van der Waals surface area (Å²) in [5.41, 5.74) is 2.90. The first-order valence-electron chi connectivity index (χ1n) is 6.65. The van der Waals surface area contributed by atoms with Gasteiger partial charge in [0.25, 0.3) is 0 Å². The van der Waals surface area contributed by atoms with Crippen molar-refractivity contribution in [1.29, 1.82) is 0 Å². The highest BCUT2D eigenvalue weighted by Gasteiger charge is 2.11. The minimum atomic E-state index is -0.279. The molecule has 1 N–H and O–H groups in total. The number of aromatic amines is 1. The van der Waals surface area contributed by atoms with Crippen molar-refractivity contribution in [3.63, 3.8) is 0 Å². The molecule has 0 spiro atoms. The molecule has 7 heteroatoms. The van der Waals surface area contributed by atoms with Gasteiger partial charge in [0.15, 0.2) is 15.8 Å². The molecule has 0 radical (unpaired) electrons. The van der Waals surface area contributed by atoms with Crippen molar-refractivity contribution >= 4 is 44.5 Å². The maximum Gasteiger partial charge on any atom is 0.177 e. The molecule has 0 saturated heterocycles. The van der Waals surface area contributed by atoms with Gasteiger partial charge in [0.05, 0.1) is 10.2 Å². The standard InChI is InChI=1S/C15H11FN4S2/c1-21-15-20-13-9(16)5-8(6-11(13)22-15)7-12-18-10-3-2-4-17-14(10)19-12/h2-6H,7H2,1H3,(H,17,18,19). The molecule has 0 aliphatic rings. The summed E-state index contributed by atoms with van der Waals surface area (Å²) >= 11 is 3.04. The van der Waals surface area contributed by atoms with E-state index in [0.717, 1.165) is 25.9 Å². The van der Waals surface area contributed by atoms with Gasteiger partial charge in [0, 0.05) is 12.6 Å². The van der Waals surface area contributed by atoms with Crippen LogP contribution in [-0.4, -0.2) is 26.2 Å².